The van der Waals surface area contributed by atoms with Gasteiger partial charge in [-0.05, 0) is 41.0 Å². The van der Waals surface area contributed by atoms with E-state index in [0.29, 0.717) is 11.6 Å². The van der Waals surface area contributed by atoms with Crippen LogP contribution in [0.5, 0.6) is 0 Å². The molecule has 0 aromatic heterocycles. The average molecular weight is 236 g/mol. The summed E-state index contributed by atoms with van der Waals surface area (Å²) in [5, 5.41) is 0.661. The maximum atomic E-state index is 12.8. The van der Waals surface area contributed by atoms with E-state index < -0.39 is 0 Å². The van der Waals surface area contributed by atoms with E-state index in [0.717, 1.165) is 16.7 Å². The molecule has 0 amide bonds. The van der Waals surface area contributed by atoms with Crippen LogP contribution in [0.15, 0.2) is 42.5 Å². The molecule has 0 aliphatic rings. The molecule has 0 aliphatic heterocycles. The summed E-state index contributed by atoms with van der Waals surface area (Å²) in [6.07, 6.45) is 0. The molecule has 2 aromatic carbocycles. The van der Waals surface area contributed by atoms with Crippen molar-refractivity contribution >= 4 is 11.6 Å². The van der Waals surface area contributed by atoms with Crippen LogP contribution in [0.25, 0.3) is 11.1 Å². The van der Waals surface area contributed by atoms with Crippen LogP contribution in [0, 0.1) is 5.82 Å². The molecule has 3 heteroatoms. The lowest BCUT2D eigenvalue weighted by atomic mass is 10.0. The second-order valence-electron chi connectivity index (χ2n) is 3.52. The van der Waals surface area contributed by atoms with Crippen LogP contribution >= 0.6 is 11.6 Å². The lowest BCUT2D eigenvalue weighted by Crippen LogP contribution is -1.97. The first-order chi connectivity index (χ1) is 7.70. The second kappa shape index (κ2) is 4.64. The predicted octanol–water partition coefficient (Wildman–Crippen LogP) is 3.60. The highest BCUT2D eigenvalue weighted by Gasteiger charge is 2.02. The van der Waals surface area contributed by atoms with Gasteiger partial charge in [0, 0.05) is 11.6 Å². The molecule has 1 nitrogen and oxygen atoms in total. The molecule has 0 aliphatic carbocycles. The molecule has 0 heterocycles. The van der Waals surface area contributed by atoms with Crippen LogP contribution in [-0.2, 0) is 6.54 Å². The van der Waals surface area contributed by atoms with Gasteiger partial charge >= 0.3 is 0 Å². The molecular formula is C13H11ClFN. The van der Waals surface area contributed by atoms with Gasteiger partial charge < -0.3 is 5.73 Å². The summed E-state index contributed by atoms with van der Waals surface area (Å²) in [5.74, 6) is -0.239. The third-order valence-electron chi connectivity index (χ3n) is 2.44. The van der Waals surface area contributed by atoms with Gasteiger partial charge in [-0.15, -0.1) is 0 Å². The molecule has 0 fully saturated rings. The summed E-state index contributed by atoms with van der Waals surface area (Å²) in [6.45, 7) is 0.397. The first-order valence-electron chi connectivity index (χ1n) is 4.95. The van der Waals surface area contributed by atoms with Gasteiger partial charge in [-0.25, -0.2) is 4.39 Å². The SMILES string of the molecule is NCc1cc(-c2ccc(F)cc2)ccc1Cl. The highest BCUT2D eigenvalue weighted by molar-refractivity contribution is 6.31. The highest BCUT2D eigenvalue weighted by Crippen LogP contribution is 2.25. The summed E-state index contributed by atoms with van der Waals surface area (Å²) in [7, 11) is 0. The molecular weight excluding hydrogens is 225 g/mol. The predicted molar refractivity (Wildman–Crippen MR) is 64.7 cm³/mol. The van der Waals surface area contributed by atoms with Crippen molar-refractivity contribution in [3.8, 4) is 11.1 Å². The Kier molecular flexibility index (Phi) is 3.22. The van der Waals surface area contributed by atoms with Crippen molar-refractivity contribution in [3.63, 3.8) is 0 Å². The van der Waals surface area contributed by atoms with Crippen LogP contribution in [0.1, 0.15) is 5.56 Å². The molecule has 82 valence electrons. The second-order valence-corrected chi connectivity index (χ2v) is 3.92. The molecule has 0 atom stereocenters. The molecule has 2 rings (SSSR count). The van der Waals surface area contributed by atoms with Crippen molar-refractivity contribution in [1.82, 2.24) is 0 Å². The fourth-order valence-electron chi connectivity index (χ4n) is 1.55. The van der Waals surface area contributed by atoms with Gasteiger partial charge in [0.25, 0.3) is 0 Å². The minimum Gasteiger partial charge on any atom is -0.326 e. The molecule has 0 saturated heterocycles. The molecule has 0 radical (unpaired) electrons. The van der Waals surface area contributed by atoms with Crippen molar-refractivity contribution in [3.05, 3.63) is 58.9 Å². The quantitative estimate of drug-likeness (QED) is 0.846. The Labute approximate surface area is 98.7 Å². The number of rotatable bonds is 2. The third kappa shape index (κ3) is 2.23. The van der Waals surface area contributed by atoms with E-state index in [2.05, 4.69) is 0 Å². The Morgan fingerprint density at radius 1 is 1.00 bits per heavy atom. The molecule has 2 N–H and O–H groups in total. The van der Waals surface area contributed by atoms with E-state index in [1.807, 2.05) is 18.2 Å². The van der Waals surface area contributed by atoms with Gasteiger partial charge in [0.1, 0.15) is 5.82 Å². The van der Waals surface area contributed by atoms with E-state index in [1.165, 1.54) is 12.1 Å². The minimum absolute atomic E-state index is 0.239. The van der Waals surface area contributed by atoms with Crippen LogP contribution in [0.2, 0.25) is 5.02 Å². The van der Waals surface area contributed by atoms with Crippen LogP contribution in [0.4, 0.5) is 4.39 Å². The van der Waals surface area contributed by atoms with Gasteiger partial charge in [0.15, 0.2) is 0 Å². The Morgan fingerprint density at radius 3 is 2.25 bits per heavy atom. The maximum Gasteiger partial charge on any atom is 0.123 e. The lowest BCUT2D eigenvalue weighted by Gasteiger charge is -2.06. The number of nitrogens with two attached hydrogens (primary N) is 1. The van der Waals surface area contributed by atoms with Crippen molar-refractivity contribution in [2.24, 2.45) is 5.73 Å². The van der Waals surface area contributed by atoms with E-state index in [9.17, 15) is 4.39 Å². The number of benzene rings is 2. The van der Waals surface area contributed by atoms with Gasteiger partial charge in [-0.2, -0.15) is 0 Å². The first-order valence-corrected chi connectivity index (χ1v) is 5.33. The highest BCUT2D eigenvalue weighted by atomic mass is 35.5. The maximum absolute atomic E-state index is 12.8. The molecule has 0 saturated carbocycles. The average Bonchev–Trinajstić information content (AvgIpc) is 2.31. The topological polar surface area (TPSA) is 26.0 Å². The molecule has 16 heavy (non-hydrogen) atoms. The molecule has 0 bridgehead atoms. The number of hydrogen-bond acceptors (Lipinski definition) is 1. The Hall–Kier alpha value is -1.38. The number of hydrogen-bond donors (Lipinski definition) is 1. The van der Waals surface area contributed by atoms with Gasteiger partial charge in [-0.3, -0.25) is 0 Å². The largest absolute Gasteiger partial charge is 0.326 e. The number of halogens is 2. The smallest absolute Gasteiger partial charge is 0.123 e. The summed E-state index contributed by atoms with van der Waals surface area (Å²) >= 11 is 5.97. The zero-order valence-electron chi connectivity index (χ0n) is 8.58. The van der Waals surface area contributed by atoms with Crippen molar-refractivity contribution in [2.75, 3.05) is 0 Å². The van der Waals surface area contributed by atoms with Crippen molar-refractivity contribution in [1.29, 1.82) is 0 Å². The zero-order valence-corrected chi connectivity index (χ0v) is 9.34. The fourth-order valence-corrected chi connectivity index (χ4v) is 1.75. The fraction of sp³-hybridized carbons (Fsp3) is 0.0769. The molecule has 2 aromatic rings. The summed E-state index contributed by atoms with van der Waals surface area (Å²) in [4.78, 5) is 0. The summed E-state index contributed by atoms with van der Waals surface area (Å²) in [6, 6.07) is 12.0. The van der Waals surface area contributed by atoms with E-state index in [1.54, 1.807) is 12.1 Å². The summed E-state index contributed by atoms with van der Waals surface area (Å²) in [5.41, 5.74) is 8.41. The van der Waals surface area contributed by atoms with E-state index in [-0.39, 0.29) is 5.82 Å². The van der Waals surface area contributed by atoms with Crippen molar-refractivity contribution < 1.29 is 4.39 Å². The van der Waals surface area contributed by atoms with Gasteiger partial charge in [0.05, 0.1) is 0 Å². The Morgan fingerprint density at radius 2 is 1.62 bits per heavy atom. The lowest BCUT2D eigenvalue weighted by molar-refractivity contribution is 0.628. The summed E-state index contributed by atoms with van der Waals surface area (Å²) < 4.78 is 12.8. The van der Waals surface area contributed by atoms with Crippen LogP contribution < -0.4 is 5.73 Å². The van der Waals surface area contributed by atoms with Gasteiger partial charge in [0.2, 0.25) is 0 Å². The van der Waals surface area contributed by atoms with E-state index >= 15 is 0 Å². The van der Waals surface area contributed by atoms with Crippen LogP contribution in [0.3, 0.4) is 0 Å². The van der Waals surface area contributed by atoms with Gasteiger partial charge in [-0.1, -0.05) is 29.8 Å². The minimum atomic E-state index is -0.239. The zero-order chi connectivity index (χ0) is 11.5. The first kappa shape index (κ1) is 11.1. The van der Waals surface area contributed by atoms with E-state index in [4.69, 9.17) is 17.3 Å². The molecule has 0 spiro atoms. The Bertz CT molecular complexity index is 494. The third-order valence-corrected chi connectivity index (χ3v) is 2.81. The Balaban J connectivity index is 2.44. The monoisotopic (exact) mass is 235 g/mol. The van der Waals surface area contributed by atoms with Crippen molar-refractivity contribution in [2.45, 2.75) is 6.54 Å². The standard InChI is InChI=1S/C13H11ClFN/c14-13-6-3-10(7-11(13)8-16)9-1-4-12(15)5-2-9/h1-7H,8,16H2. The normalized spacial score (nSPS) is 10.4. The van der Waals surface area contributed by atoms with Crippen LogP contribution in [-0.4, -0.2) is 0 Å². The molecule has 0 unspecified atom stereocenters.